The van der Waals surface area contributed by atoms with Gasteiger partial charge in [-0.15, -0.1) is 13.2 Å². The second-order valence-electron chi connectivity index (χ2n) is 7.89. The number of rotatable bonds is 4. The Morgan fingerprint density at radius 2 is 1.97 bits per heavy atom. The summed E-state index contributed by atoms with van der Waals surface area (Å²) >= 11 is 7.03. The number of fused-ring (bicyclic) bond motifs is 2. The molecule has 1 aliphatic rings. The highest BCUT2D eigenvalue weighted by Crippen LogP contribution is 2.36. The summed E-state index contributed by atoms with van der Waals surface area (Å²) in [5, 5.41) is 3.17. The molecule has 178 valence electrons. The van der Waals surface area contributed by atoms with Gasteiger partial charge in [0.15, 0.2) is 16.6 Å². The van der Waals surface area contributed by atoms with Crippen molar-refractivity contribution in [2.45, 2.75) is 38.1 Å². The lowest BCUT2D eigenvalue weighted by atomic mass is 9.85. The third-order valence-electron chi connectivity index (χ3n) is 5.71. The van der Waals surface area contributed by atoms with E-state index in [4.69, 9.17) is 17.3 Å². The number of nitrogens with two attached hydrogens (primary N) is 1. The first kappa shape index (κ1) is 22.6. The lowest BCUT2D eigenvalue weighted by Gasteiger charge is -2.28. The highest BCUT2D eigenvalue weighted by molar-refractivity contribution is 7.22. The van der Waals surface area contributed by atoms with Gasteiger partial charge in [0.25, 0.3) is 0 Å². The van der Waals surface area contributed by atoms with E-state index < -0.39 is 6.36 Å². The maximum absolute atomic E-state index is 12.8. The monoisotopic (exact) mass is 511 g/mol. The molecule has 0 spiro atoms. The van der Waals surface area contributed by atoms with Crippen molar-refractivity contribution in [3.63, 3.8) is 0 Å². The van der Waals surface area contributed by atoms with Gasteiger partial charge >= 0.3 is 6.36 Å². The molecule has 0 bridgehead atoms. The van der Waals surface area contributed by atoms with Gasteiger partial charge in [0.1, 0.15) is 11.3 Å². The SMILES string of the molecule is Nc1nc(Cl)nc2c1ncn2C1CCC(C(=O)Nc2nc3ccc(OC(F)(F)F)cc3s2)CC1. The summed E-state index contributed by atoms with van der Waals surface area (Å²) in [5.74, 6) is -0.505. The Labute approximate surface area is 199 Å². The van der Waals surface area contributed by atoms with Crippen molar-refractivity contribution in [1.29, 1.82) is 0 Å². The molecule has 5 rings (SSSR count). The molecule has 3 aromatic heterocycles. The van der Waals surface area contributed by atoms with E-state index in [0.717, 1.165) is 24.2 Å². The van der Waals surface area contributed by atoms with Crippen LogP contribution in [0.5, 0.6) is 5.75 Å². The molecule has 34 heavy (non-hydrogen) atoms. The van der Waals surface area contributed by atoms with E-state index in [0.29, 0.717) is 39.4 Å². The Morgan fingerprint density at radius 3 is 2.71 bits per heavy atom. The van der Waals surface area contributed by atoms with Crippen molar-refractivity contribution in [1.82, 2.24) is 24.5 Å². The minimum absolute atomic E-state index is 0.0488. The van der Waals surface area contributed by atoms with Crippen molar-refractivity contribution in [2.24, 2.45) is 5.92 Å². The molecule has 0 saturated heterocycles. The number of nitrogens with one attached hydrogen (secondary N) is 1. The van der Waals surface area contributed by atoms with Gasteiger partial charge in [-0.2, -0.15) is 9.97 Å². The average molecular weight is 512 g/mol. The number of hydrogen-bond acceptors (Lipinski definition) is 8. The molecule has 3 N–H and O–H groups in total. The first-order chi connectivity index (χ1) is 16.2. The number of anilines is 2. The number of nitrogen functional groups attached to an aromatic ring is 1. The standard InChI is InChI=1S/C20H17ClF3N7O2S/c21-18-28-15(25)14-16(29-18)31(8-26-14)10-3-1-9(2-4-10)17(32)30-19-27-12-6-5-11(7-13(12)34-19)33-20(22,23)24/h5-10H,1-4H2,(H2,25,28,29)(H,27,30,32). The maximum Gasteiger partial charge on any atom is 0.573 e. The summed E-state index contributed by atoms with van der Waals surface area (Å²) in [6.07, 6.45) is -0.387. The van der Waals surface area contributed by atoms with E-state index in [-0.39, 0.29) is 34.7 Å². The number of hydrogen-bond donors (Lipinski definition) is 2. The third kappa shape index (κ3) is 4.57. The second kappa shape index (κ2) is 8.55. The van der Waals surface area contributed by atoms with Crippen LogP contribution in [0.25, 0.3) is 21.4 Å². The maximum atomic E-state index is 12.8. The second-order valence-corrected chi connectivity index (χ2v) is 9.26. The summed E-state index contributed by atoms with van der Waals surface area (Å²) < 4.78 is 43.7. The summed E-state index contributed by atoms with van der Waals surface area (Å²) in [6, 6.07) is 3.95. The molecular formula is C20H17ClF3N7O2S. The van der Waals surface area contributed by atoms with Gasteiger partial charge in [-0.05, 0) is 49.4 Å². The van der Waals surface area contributed by atoms with Crippen LogP contribution in [-0.2, 0) is 4.79 Å². The van der Waals surface area contributed by atoms with Gasteiger partial charge in [0, 0.05) is 18.0 Å². The summed E-state index contributed by atoms with van der Waals surface area (Å²) in [7, 11) is 0. The van der Waals surface area contributed by atoms with Crippen molar-refractivity contribution < 1.29 is 22.7 Å². The largest absolute Gasteiger partial charge is 0.573 e. The van der Waals surface area contributed by atoms with E-state index in [2.05, 4.69) is 30.0 Å². The Bertz CT molecular complexity index is 1380. The summed E-state index contributed by atoms with van der Waals surface area (Å²) in [6.45, 7) is 0. The number of ether oxygens (including phenoxy) is 1. The van der Waals surface area contributed by atoms with Crippen LogP contribution >= 0.6 is 22.9 Å². The van der Waals surface area contributed by atoms with Crippen molar-refractivity contribution in [2.75, 3.05) is 11.1 Å². The zero-order valence-corrected chi connectivity index (χ0v) is 18.9. The predicted molar refractivity (Wildman–Crippen MR) is 121 cm³/mol. The molecular weight excluding hydrogens is 495 g/mol. The lowest BCUT2D eigenvalue weighted by molar-refractivity contribution is -0.274. The number of imidazole rings is 1. The smallest absolute Gasteiger partial charge is 0.406 e. The minimum atomic E-state index is -4.77. The lowest BCUT2D eigenvalue weighted by Crippen LogP contribution is -2.28. The number of amides is 1. The van der Waals surface area contributed by atoms with Gasteiger partial charge in [0.2, 0.25) is 11.2 Å². The minimum Gasteiger partial charge on any atom is -0.406 e. The van der Waals surface area contributed by atoms with Crippen LogP contribution in [0.15, 0.2) is 24.5 Å². The predicted octanol–water partition coefficient (Wildman–Crippen LogP) is 4.94. The zero-order chi connectivity index (χ0) is 24.0. The fourth-order valence-corrected chi connectivity index (χ4v) is 5.23. The molecule has 0 atom stereocenters. The fourth-order valence-electron chi connectivity index (χ4n) is 4.16. The van der Waals surface area contributed by atoms with Crippen LogP contribution in [-0.4, -0.2) is 36.8 Å². The fraction of sp³-hybridized carbons (Fsp3) is 0.350. The molecule has 0 aliphatic heterocycles. The van der Waals surface area contributed by atoms with Crippen LogP contribution in [0.4, 0.5) is 24.1 Å². The Morgan fingerprint density at radius 1 is 1.21 bits per heavy atom. The first-order valence-corrected chi connectivity index (χ1v) is 11.5. The van der Waals surface area contributed by atoms with E-state index in [1.165, 1.54) is 18.2 Å². The van der Waals surface area contributed by atoms with E-state index in [1.54, 1.807) is 6.33 Å². The number of halogens is 4. The van der Waals surface area contributed by atoms with Gasteiger partial charge in [-0.3, -0.25) is 4.79 Å². The van der Waals surface area contributed by atoms with Crippen LogP contribution in [0, 0.1) is 5.92 Å². The number of aromatic nitrogens is 5. The average Bonchev–Trinajstić information content (AvgIpc) is 3.36. The van der Waals surface area contributed by atoms with Crippen molar-refractivity contribution in [3.05, 3.63) is 29.8 Å². The van der Waals surface area contributed by atoms with Crippen LogP contribution < -0.4 is 15.8 Å². The van der Waals surface area contributed by atoms with Gasteiger partial charge in [0.05, 0.1) is 16.5 Å². The molecule has 1 amide bonds. The summed E-state index contributed by atoms with van der Waals surface area (Å²) in [4.78, 5) is 29.5. The van der Waals surface area contributed by atoms with Crippen LogP contribution in [0.1, 0.15) is 31.7 Å². The molecule has 1 aliphatic carbocycles. The zero-order valence-electron chi connectivity index (χ0n) is 17.3. The van der Waals surface area contributed by atoms with Gasteiger partial charge in [-0.1, -0.05) is 11.3 Å². The number of alkyl halides is 3. The molecule has 14 heteroatoms. The first-order valence-electron chi connectivity index (χ1n) is 10.3. The Kier molecular flexibility index (Phi) is 5.68. The van der Waals surface area contributed by atoms with E-state index in [9.17, 15) is 18.0 Å². The molecule has 0 unspecified atom stereocenters. The van der Waals surface area contributed by atoms with E-state index in [1.807, 2.05) is 4.57 Å². The van der Waals surface area contributed by atoms with E-state index >= 15 is 0 Å². The number of benzene rings is 1. The van der Waals surface area contributed by atoms with Crippen LogP contribution in [0.2, 0.25) is 5.28 Å². The molecule has 1 aromatic carbocycles. The number of carbonyl (C=O) groups excluding carboxylic acids is 1. The van der Waals surface area contributed by atoms with Crippen LogP contribution in [0.3, 0.4) is 0 Å². The number of carbonyl (C=O) groups is 1. The van der Waals surface area contributed by atoms with Gasteiger partial charge in [-0.25, -0.2) is 9.97 Å². The molecule has 1 saturated carbocycles. The Hall–Kier alpha value is -3.19. The highest BCUT2D eigenvalue weighted by Gasteiger charge is 2.31. The Balaban J connectivity index is 1.24. The quantitative estimate of drug-likeness (QED) is 0.372. The van der Waals surface area contributed by atoms with Crippen molar-refractivity contribution in [3.8, 4) is 5.75 Å². The summed E-state index contributed by atoms with van der Waals surface area (Å²) in [5.41, 5.74) is 7.40. The molecule has 1 fully saturated rings. The molecule has 4 aromatic rings. The number of nitrogens with zero attached hydrogens (tertiary/aromatic N) is 5. The van der Waals surface area contributed by atoms with Crippen molar-refractivity contribution >= 4 is 61.2 Å². The molecule has 3 heterocycles. The third-order valence-corrected chi connectivity index (χ3v) is 6.81. The normalized spacial score (nSPS) is 18.9. The van der Waals surface area contributed by atoms with Gasteiger partial charge < -0.3 is 20.4 Å². The number of thiazole rings is 1. The molecule has 0 radical (unpaired) electrons. The topological polar surface area (TPSA) is 121 Å². The highest BCUT2D eigenvalue weighted by atomic mass is 35.5. The molecule has 9 nitrogen and oxygen atoms in total.